The summed E-state index contributed by atoms with van der Waals surface area (Å²) in [4.78, 5) is 133. The normalized spacial score (nSPS) is 15.7. The van der Waals surface area contributed by atoms with Crippen LogP contribution in [0.25, 0.3) is 0 Å². The Morgan fingerprint density at radius 2 is 1.18 bits per heavy atom. The van der Waals surface area contributed by atoms with Crippen LogP contribution in [0.5, 0.6) is 11.5 Å². The van der Waals surface area contributed by atoms with Crippen LogP contribution >= 0.6 is 0 Å². The predicted molar refractivity (Wildman–Crippen MR) is 270 cm³/mol. The number of esters is 1. The monoisotopic (exact) mass is 1030 g/mol. The molecular weight excluding hydrogens is 959 g/mol. The summed E-state index contributed by atoms with van der Waals surface area (Å²) in [5, 5.41) is 25.0. The van der Waals surface area contributed by atoms with Crippen molar-refractivity contribution in [3.8, 4) is 11.5 Å². The first-order valence-corrected chi connectivity index (χ1v) is 24.5. The van der Waals surface area contributed by atoms with Gasteiger partial charge < -0.3 is 63.7 Å². The molecule has 2 aliphatic rings. The third-order valence-corrected chi connectivity index (χ3v) is 13.0. The SMILES string of the molecule is CCC(C)C(NC(=O)c1ccc2c(c1)C1(OC2=O)c2ccc(N)cc2Oc2cc(N)ccc21)C(=O)N[C@@H](CC)C(=O)NC(CCC(=O)O)C(=O)N[C@H](C(=O)NC(CC(N)=O)C(=O)N[C@@H](CC(C)C)C(C)=O)C(C)C. The fraction of sp³-hybridized carbons (Fsp3) is 0.462. The van der Waals surface area contributed by atoms with Crippen LogP contribution in [0, 0.1) is 17.8 Å². The van der Waals surface area contributed by atoms with Gasteiger partial charge in [-0.3, -0.25) is 43.2 Å². The highest BCUT2D eigenvalue weighted by atomic mass is 16.6. The highest BCUT2D eigenvalue weighted by molar-refractivity contribution is 6.03. The summed E-state index contributed by atoms with van der Waals surface area (Å²) >= 11 is 0. The van der Waals surface area contributed by atoms with Gasteiger partial charge >= 0.3 is 11.9 Å². The Hall–Kier alpha value is -8.04. The number of carboxylic acids is 1. The van der Waals surface area contributed by atoms with Crippen LogP contribution in [0.1, 0.15) is 131 Å². The molecule has 0 aromatic heterocycles. The van der Waals surface area contributed by atoms with Crippen LogP contribution in [0.2, 0.25) is 0 Å². The molecule has 22 nitrogen and oxygen atoms in total. The second kappa shape index (κ2) is 24.1. The maximum absolute atomic E-state index is 14.2. The van der Waals surface area contributed by atoms with Gasteiger partial charge in [-0.1, -0.05) is 54.9 Å². The van der Waals surface area contributed by atoms with Gasteiger partial charge in [-0.25, -0.2) is 4.79 Å². The summed E-state index contributed by atoms with van der Waals surface area (Å²) in [6.07, 6.45) is -1.05. The number of ether oxygens (including phenoxy) is 2. The Kier molecular flexibility index (Phi) is 18.5. The number of carbonyl (C=O) groups excluding carboxylic acids is 9. The number of fused-ring (bicyclic) bond motifs is 6. The Balaban J connectivity index is 1.34. The molecule has 0 radical (unpaired) electrons. The van der Waals surface area contributed by atoms with E-state index in [9.17, 15) is 53.1 Å². The zero-order valence-electron chi connectivity index (χ0n) is 42.7. The van der Waals surface area contributed by atoms with Gasteiger partial charge in [-0.15, -0.1) is 0 Å². The average Bonchev–Trinajstić information content (AvgIpc) is 3.61. The van der Waals surface area contributed by atoms with Crippen molar-refractivity contribution < 1.29 is 62.5 Å². The molecule has 0 saturated heterocycles. The average molecular weight is 1030 g/mol. The minimum absolute atomic E-state index is 0.00504. The second-order valence-corrected chi connectivity index (χ2v) is 19.5. The van der Waals surface area contributed by atoms with E-state index in [0.717, 1.165) is 0 Å². The summed E-state index contributed by atoms with van der Waals surface area (Å²) in [5.41, 5.74) is 18.2. The number of hydrogen-bond acceptors (Lipinski definition) is 14. The molecule has 5 rings (SSSR count). The molecule has 13 N–H and O–H groups in total. The molecule has 0 bridgehead atoms. The first-order chi connectivity index (χ1) is 34.8. The third kappa shape index (κ3) is 13.1. The molecule has 0 saturated carbocycles. The number of rotatable bonds is 24. The smallest absolute Gasteiger partial charge is 0.340 e. The standard InChI is InChI=1S/C52H67N9O13/c1-9-26(7)44(61-45(66)28-11-14-31-34(20-28)52(74-51(31)72)32-15-12-29(53)21-39(32)73-40-22-30(54)13-16-33(40)52)50(71)56-35(10-2)46(67)57-36(17-18-42(64)65)47(68)60-43(25(5)6)49(70)59-38(23-41(55)63)48(69)58-37(27(8)62)19-24(3)4/h11-16,20-22,24-26,35-38,43-44H,9-10,17-19,23,53-54H2,1-8H3,(H2,55,63)(H,56,71)(H,57,67)(H,58,69)(H,59,70)(H,60,68)(H,61,66)(H,64,65)/t26?,35-,36?,37-,38?,43-,44?/m0/s1. The Bertz CT molecular complexity index is 2650. The lowest BCUT2D eigenvalue weighted by molar-refractivity contribution is -0.139. The number of anilines is 2. The highest BCUT2D eigenvalue weighted by Gasteiger charge is 2.54. The van der Waals surface area contributed by atoms with Gasteiger partial charge in [-0.05, 0) is 86.4 Å². The van der Waals surface area contributed by atoms with Crippen molar-refractivity contribution >= 4 is 70.4 Å². The fourth-order valence-corrected chi connectivity index (χ4v) is 8.78. The van der Waals surface area contributed by atoms with E-state index in [0.29, 0.717) is 46.0 Å². The minimum Gasteiger partial charge on any atom is -0.481 e. The third-order valence-electron chi connectivity index (χ3n) is 13.0. The molecule has 7 atom stereocenters. The lowest BCUT2D eigenvalue weighted by Crippen LogP contribution is -2.61. The van der Waals surface area contributed by atoms with Crippen molar-refractivity contribution in [2.45, 2.75) is 136 Å². The quantitative estimate of drug-likeness (QED) is 0.0455. The van der Waals surface area contributed by atoms with Crippen molar-refractivity contribution in [3.63, 3.8) is 0 Å². The molecule has 2 heterocycles. The maximum Gasteiger partial charge on any atom is 0.340 e. The highest BCUT2D eigenvalue weighted by Crippen LogP contribution is 2.56. The molecule has 398 valence electrons. The first-order valence-electron chi connectivity index (χ1n) is 24.5. The number of nitrogens with two attached hydrogens (primary N) is 3. The van der Waals surface area contributed by atoms with Crippen molar-refractivity contribution in [2.75, 3.05) is 11.5 Å². The number of primary amides is 1. The van der Waals surface area contributed by atoms with E-state index in [1.165, 1.54) is 25.1 Å². The number of hydrogen-bond donors (Lipinski definition) is 10. The summed E-state index contributed by atoms with van der Waals surface area (Å²) in [6.45, 7) is 13.2. The van der Waals surface area contributed by atoms with Crippen LogP contribution in [0.15, 0.2) is 54.6 Å². The lowest BCUT2D eigenvalue weighted by Gasteiger charge is -2.36. The van der Waals surface area contributed by atoms with Gasteiger partial charge in [-0.2, -0.15) is 0 Å². The number of carbonyl (C=O) groups is 10. The fourth-order valence-electron chi connectivity index (χ4n) is 8.78. The van der Waals surface area contributed by atoms with Crippen LogP contribution in [0.4, 0.5) is 11.4 Å². The number of benzene rings is 3. The van der Waals surface area contributed by atoms with E-state index in [-0.39, 0.29) is 35.7 Å². The maximum atomic E-state index is 14.2. The van der Waals surface area contributed by atoms with Crippen LogP contribution in [-0.4, -0.2) is 100 Å². The second-order valence-electron chi connectivity index (χ2n) is 19.5. The van der Waals surface area contributed by atoms with Gasteiger partial charge in [0, 0.05) is 52.2 Å². The number of nitrogens with one attached hydrogen (secondary N) is 6. The zero-order valence-corrected chi connectivity index (χ0v) is 42.7. The van der Waals surface area contributed by atoms with Crippen molar-refractivity contribution in [2.24, 2.45) is 23.5 Å². The molecular formula is C52H67N9O13. The van der Waals surface area contributed by atoms with Crippen molar-refractivity contribution in [3.05, 3.63) is 82.4 Å². The molecule has 2 aliphatic heterocycles. The van der Waals surface area contributed by atoms with E-state index in [1.807, 2.05) is 13.8 Å². The Morgan fingerprint density at radius 1 is 0.635 bits per heavy atom. The largest absolute Gasteiger partial charge is 0.481 e. The molecule has 22 heteroatoms. The summed E-state index contributed by atoms with van der Waals surface area (Å²) < 4.78 is 12.4. The Morgan fingerprint density at radius 3 is 1.70 bits per heavy atom. The molecule has 1 spiro atoms. The lowest BCUT2D eigenvalue weighted by atomic mass is 9.77. The van der Waals surface area contributed by atoms with E-state index >= 15 is 0 Å². The summed E-state index contributed by atoms with van der Waals surface area (Å²) in [6, 6.07) is 6.15. The van der Waals surface area contributed by atoms with E-state index in [4.69, 9.17) is 26.7 Å². The molecule has 3 aromatic carbocycles. The predicted octanol–water partition coefficient (Wildman–Crippen LogP) is 2.43. The number of amides is 7. The number of nitrogen functional groups attached to an aromatic ring is 2. The van der Waals surface area contributed by atoms with Gasteiger partial charge in [0.15, 0.2) is 11.4 Å². The minimum atomic E-state index is -1.58. The van der Waals surface area contributed by atoms with E-state index < -0.39 is 126 Å². The Labute approximate surface area is 428 Å². The number of ketones is 1. The molecule has 4 unspecified atom stereocenters. The van der Waals surface area contributed by atoms with E-state index in [1.54, 1.807) is 71.0 Å². The first kappa shape index (κ1) is 56.9. The van der Waals surface area contributed by atoms with Crippen LogP contribution in [0.3, 0.4) is 0 Å². The summed E-state index contributed by atoms with van der Waals surface area (Å²) in [7, 11) is 0. The molecule has 3 aromatic rings. The number of carboxylic acid groups (broad SMARTS) is 1. The van der Waals surface area contributed by atoms with Gasteiger partial charge in [0.05, 0.1) is 18.0 Å². The van der Waals surface area contributed by atoms with Crippen molar-refractivity contribution in [1.29, 1.82) is 0 Å². The topological polar surface area (TPSA) is 360 Å². The number of aliphatic carboxylic acids is 1. The molecule has 74 heavy (non-hydrogen) atoms. The molecule has 0 aliphatic carbocycles. The van der Waals surface area contributed by atoms with E-state index in [2.05, 4.69) is 31.9 Å². The van der Waals surface area contributed by atoms with Crippen molar-refractivity contribution in [1.82, 2.24) is 31.9 Å². The van der Waals surface area contributed by atoms with Gasteiger partial charge in [0.2, 0.25) is 35.4 Å². The molecule has 7 amide bonds. The van der Waals surface area contributed by atoms with Gasteiger partial charge in [0.1, 0.15) is 41.7 Å². The number of Topliss-reactive ketones (excluding diaryl/α,β-unsaturated/α-hetero) is 1. The molecule has 0 fully saturated rings. The summed E-state index contributed by atoms with van der Waals surface area (Å²) in [5.74, 6) is -8.95. The zero-order chi connectivity index (χ0) is 54.9. The van der Waals surface area contributed by atoms with Crippen LogP contribution < -0.4 is 53.8 Å². The van der Waals surface area contributed by atoms with Crippen LogP contribution in [-0.2, 0) is 48.7 Å². The van der Waals surface area contributed by atoms with Gasteiger partial charge in [0.25, 0.3) is 5.91 Å².